The number of amides is 1. The maximum Gasteiger partial charge on any atom is 0.411 e. The van der Waals surface area contributed by atoms with E-state index in [1.165, 1.54) is 31.2 Å². The number of methoxy groups -OCH3 is 1. The molecule has 15 heteroatoms. The number of rotatable bonds is 9. The number of hydrogen-bond donors (Lipinski definition) is 0. The van der Waals surface area contributed by atoms with E-state index in [4.69, 9.17) is 25.3 Å². The van der Waals surface area contributed by atoms with Gasteiger partial charge in [-0.3, -0.25) is 13.9 Å². The molecular weight excluding hydrogens is 614 g/mol. The molecule has 0 N–H and O–H groups in total. The van der Waals surface area contributed by atoms with Crippen LogP contribution in [0.5, 0.6) is 0 Å². The molecule has 1 amide bonds. The summed E-state index contributed by atoms with van der Waals surface area (Å²) in [6, 6.07) is 3.88. The summed E-state index contributed by atoms with van der Waals surface area (Å²) in [4.78, 5) is 39.8. The van der Waals surface area contributed by atoms with Crippen molar-refractivity contribution in [3.05, 3.63) is 29.8 Å². The fourth-order valence-corrected chi connectivity index (χ4v) is 7.72. The van der Waals surface area contributed by atoms with Crippen LogP contribution in [0.15, 0.2) is 29.2 Å². The third-order valence-corrected chi connectivity index (χ3v) is 11.1. The molecule has 1 aliphatic rings. The van der Waals surface area contributed by atoms with Crippen molar-refractivity contribution in [1.82, 2.24) is 4.90 Å². The number of ether oxygens (including phenoxy) is 3. The van der Waals surface area contributed by atoms with Crippen LogP contribution in [-0.2, 0) is 47.9 Å². The first kappa shape index (κ1) is 35.8. The molecule has 1 aromatic rings. The molecule has 0 aromatic heterocycles. The molecule has 0 aliphatic carbocycles. The number of aryl methyl sites for hydroxylation is 1. The van der Waals surface area contributed by atoms with Crippen LogP contribution in [-0.4, -0.2) is 93.1 Å². The standard InChI is InChI=1S/C27H40ClNO11S2/c1-17-10-12-18(13-11-17)42(35,36)40-22-19(27(8,16-28)41(33,34)15-20(30)37-9)14-29(24(32)39-26(5,6)7)21(22)23(31)38-25(2,3)4/h10-13,19,21-22H,14-16H2,1-9H3/t19-,21-,22+,27?/m0/s1. The van der Waals surface area contributed by atoms with E-state index in [1.54, 1.807) is 48.5 Å². The largest absolute Gasteiger partial charge is 0.468 e. The fraction of sp³-hybridized carbons (Fsp3) is 0.667. The van der Waals surface area contributed by atoms with E-state index in [2.05, 4.69) is 4.74 Å². The van der Waals surface area contributed by atoms with Crippen LogP contribution in [0.3, 0.4) is 0 Å². The average molecular weight is 654 g/mol. The maximum absolute atomic E-state index is 13.7. The first-order chi connectivity index (χ1) is 19.0. The Kier molecular flexibility index (Phi) is 10.8. The van der Waals surface area contributed by atoms with E-state index in [9.17, 15) is 31.2 Å². The molecule has 2 rings (SSSR count). The van der Waals surface area contributed by atoms with Crippen LogP contribution in [0.1, 0.15) is 54.0 Å². The minimum atomic E-state index is -4.65. The molecule has 4 atom stereocenters. The van der Waals surface area contributed by atoms with Gasteiger partial charge in [-0.2, -0.15) is 8.42 Å². The molecule has 1 aliphatic heterocycles. The van der Waals surface area contributed by atoms with Crippen molar-refractivity contribution < 1.29 is 49.6 Å². The zero-order valence-electron chi connectivity index (χ0n) is 25.3. The van der Waals surface area contributed by atoms with Crippen molar-refractivity contribution in [1.29, 1.82) is 0 Å². The van der Waals surface area contributed by atoms with Crippen molar-refractivity contribution in [2.24, 2.45) is 5.92 Å². The Labute approximate surface area is 253 Å². The van der Waals surface area contributed by atoms with Crippen molar-refractivity contribution in [2.45, 2.75) is 88.4 Å². The number of halogens is 1. The summed E-state index contributed by atoms with van der Waals surface area (Å²) in [5.74, 6) is -5.33. The topological polar surface area (TPSA) is 160 Å². The van der Waals surface area contributed by atoms with Gasteiger partial charge in [-0.1, -0.05) is 17.7 Å². The van der Waals surface area contributed by atoms with Gasteiger partial charge in [0.2, 0.25) is 0 Å². The number of alkyl halides is 1. The van der Waals surface area contributed by atoms with Gasteiger partial charge in [-0.05, 0) is 67.5 Å². The summed E-state index contributed by atoms with van der Waals surface area (Å²) in [7, 11) is -8.14. The van der Waals surface area contributed by atoms with Gasteiger partial charge < -0.3 is 14.2 Å². The minimum absolute atomic E-state index is 0.268. The van der Waals surface area contributed by atoms with Gasteiger partial charge in [-0.15, -0.1) is 11.6 Å². The van der Waals surface area contributed by atoms with Crippen LogP contribution in [0.4, 0.5) is 4.79 Å². The molecule has 0 saturated carbocycles. The van der Waals surface area contributed by atoms with Gasteiger partial charge in [0.25, 0.3) is 10.1 Å². The first-order valence-corrected chi connectivity index (χ1v) is 16.6. The van der Waals surface area contributed by atoms with E-state index in [-0.39, 0.29) is 4.90 Å². The molecule has 0 radical (unpaired) electrons. The number of carbonyl (C=O) groups excluding carboxylic acids is 3. The number of carbonyl (C=O) groups is 3. The Bertz CT molecular complexity index is 1380. The highest BCUT2D eigenvalue weighted by molar-refractivity contribution is 7.93. The van der Waals surface area contributed by atoms with Gasteiger partial charge >= 0.3 is 18.0 Å². The van der Waals surface area contributed by atoms with Gasteiger partial charge in [0.05, 0.1) is 16.8 Å². The molecular formula is C27H40ClNO11S2. The van der Waals surface area contributed by atoms with Crippen LogP contribution < -0.4 is 0 Å². The van der Waals surface area contributed by atoms with E-state index in [0.29, 0.717) is 0 Å². The second-order valence-corrected chi connectivity index (χ2v) is 16.6. The molecule has 1 unspecified atom stereocenters. The summed E-state index contributed by atoms with van der Waals surface area (Å²) in [5.41, 5.74) is -1.36. The van der Waals surface area contributed by atoms with E-state index >= 15 is 0 Å². The van der Waals surface area contributed by atoms with Crippen LogP contribution in [0.25, 0.3) is 0 Å². The molecule has 42 heavy (non-hydrogen) atoms. The van der Waals surface area contributed by atoms with Crippen LogP contribution in [0.2, 0.25) is 0 Å². The molecule has 1 heterocycles. The Morgan fingerprint density at radius 2 is 1.45 bits per heavy atom. The summed E-state index contributed by atoms with van der Waals surface area (Å²) in [6.07, 6.45) is -2.85. The zero-order valence-corrected chi connectivity index (χ0v) is 27.7. The number of hydrogen-bond acceptors (Lipinski definition) is 11. The number of likely N-dealkylation sites (tertiary alicyclic amines) is 1. The highest BCUT2D eigenvalue weighted by Gasteiger charge is 2.61. The summed E-state index contributed by atoms with van der Waals surface area (Å²) < 4.78 is 73.4. The normalized spacial score (nSPS) is 21.4. The van der Waals surface area contributed by atoms with Crippen molar-refractivity contribution in [2.75, 3.05) is 25.3 Å². The Hall–Kier alpha value is -2.42. The predicted molar refractivity (Wildman–Crippen MR) is 154 cm³/mol. The Morgan fingerprint density at radius 3 is 1.90 bits per heavy atom. The molecule has 0 bridgehead atoms. The van der Waals surface area contributed by atoms with Crippen LogP contribution in [0, 0.1) is 12.8 Å². The van der Waals surface area contributed by atoms with E-state index in [0.717, 1.165) is 17.6 Å². The quantitative estimate of drug-likeness (QED) is 0.167. The number of nitrogens with zero attached hydrogens (tertiary/aromatic N) is 1. The van der Waals surface area contributed by atoms with Gasteiger partial charge in [0, 0.05) is 18.3 Å². The SMILES string of the molecule is COC(=O)CS(=O)(=O)C(C)(CCl)[C@H]1CN(C(=O)OC(C)(C)C)[C@H](C(=O)OC(C)(C)C)[C@@H]1OS(=O)(=O)c1ccc(C)cc1. The second kappa shape index (κ2) is 12.7. The highest BCUT2D eigenvalue weighted by Crippen LogP contribution is 2.42. The lowest BCUT2D eigenvalue weighted by Crippen LogP contribution is -2.54. The average Bonchev–Trinajstić information content (AvgIpc) is 3.20. The number of esters is 2. The lowest BCUT2D eigenvalue weighted by atomic mass is 9.89. The Balaban J connectivity index is 2.82. The van der Waals surface area contributed by atoms with Crippen LogP contribution >= 0.6 is 11.6 Å². The number of benzene rings is 1. The monoisotopic (exact) mass is 653 g/mol. The fourth-order valence-electron chi connectivity index (χ4n) is 4.32. The maximum atomic E-state index is 13.7. The smallest absolute Gasteiger partial charge is 0.411 e. The summed E-state index contributed by atoms with van der Waals surface area (Å²) >= 11 is 6.25. The number of sulfone groups is 1. The van der Waals surface area contributed by atoms with E-state index < -0.39 is 90.2 Å². The lowest BCUT2D eigenvalue weighted by molar-refractivity contribution is -0.162. The predicted octanol–water partition coefficient (Wildman–Crippen LogP) is 3.23. The molecule has 1 saturated heterocycles. The lowest BCUT2D eigenvalue weighted by Gasteiger charge is -2.36. The third-order valence-electron chi connectivity index (χ3n) is 6.56. The summed E-state index contributed by atoms with van der Waals surface area (Å²) in [5, 5.41) is 0. The molecule has 1 aromatic carbocycles. The molecule has 238 valence electrons. The highest BCUT2D eigenvalue weighted by atomic mass is 35.5. The Morgan fingerprint density at radius 1 is 0.929 bits per heavy atom. The zero-order chi connectivity index (χ0) is 32.5. The van der Waals surface area contributed by atoms with Crippen molar-refractivity contribution in [3.63, 3.8) is 0 Å². The molecule has 0 spiro atoms. The van der Waals surface area contributed by atoms with E-state index in [1.807, 2.05) is 0 Å². The molecule has 1 fully saturated rings. The second-order valence-electron chi connectivity index (χ2n) is 12.3. The van der Waals surface area contributed by atoms with Gasteiger partial charge in [0.1, 0.15) is 23.1 Å². The molecule has 12 nitrogen and oxygen atoms in total. The van der Waals surface area contributed by atoms with Crippen molar-refractivity contribution >= 4 is 49.6 Å². The van der Waals surface area contributed by atoms with Gasteiger partial charge in [-0.25, -0.2) is 18.0 Å². The van der Waals surface area contributed by atoms with Gasteiger partial charge in [0.15, 0.2) is 15.9 Å². The van der Waals surface area contributed by atoms with Crippen molar-refractivity contribution in [3.8, 4) is 0 Å². The summed E-state index contributed by atoms with van der Waals surface area (Å²) in [6.45, 7) is 11.9. The minimum Gasteiger partial charge on any atom is -0.468 e. The third kappa shape index (κ3) is 8.35. The first-order valence-electron chi connectivity index (χ1n) is 13.1.